The highest BCUT2D eigenvalue weighted by atomic mass is 79.9. The van der Waals surface area contributed by atoms with Crippen molar-refractivity contribution in [3.63, 3.8) is 0 Å². The van der Waals surface area contributed by atoms with Crippen molar-refractivity contribution in [1.29, 1.82) is 0 Å². The molecule has 0 bridgehead atoms. The molecule has 0 atom stereocenters. The van der Waals surface area contributed by atoms with Crippen LogP contribution < -0.4 is 0 Å². The quantitative estimate of drug-likeness (QED) is 0.744. The first-order chi connectivity index (χ1) is 6.57. The average molecular weight is 251 g/mol. The topological polar surface area (TPSA) is 17.1 Å². The van der Waals surface area contributed by atoms with E-state index in [0.717, 1.165) is 15.6 Å². The molecule has 0 spiro atoms. The van der Waals surface area contributed by atoms with Gasteiger partial charge in [0.25, 0.3) is 0 Å². The van der Waals surface area contributed by atoms with Gasteiger partial charge in [0.1, 0.15) is 0 Å². The van der Waals surface area contributed by atoms with Gasteiger partial charge in [-0.15, -0.1) is 0 Å². The summed E-state index contributed by atoms with van der Waals surface area (Å²) < 4.78 is 0.760. The number of ketones is 1. The number of rotatable bonds is 3. The second-order valence-electron chi connectivity index (χ2n) is 2.93. The highest BCUT2D eigenvalue weighted by molar-refractivity contribution is 9.15. The molecule has 1 rings (SSSR count). The van der Waals surface area contributed by atoms with Gasteiger partial charge in [0.15, 0.2) is 5.78 Å². The van der Waals surface area contributed by atoms with Gasteiger partial charge in [-0.3, -0.25) is 4.79 Å². The standard InChI is InChI=1S/C12H11BrO/c1-4-10-11(8(2)13)6-5-7-12(10)9(3)14/h4-7H,1-2H2,3H3. The fourth-order valence-corrected chi connectivity index (χ4v) is 1.67. The number of halogens is 1. The Labute approximate surface area is 92.3 Å². The molecule has 14 heavy (non-hydrogen) atoms. The SMILES string of the molecule is C=Cc1c(C(=C)Br)cccc1C(C)=O. The summed E-state index contributed by atoms with van der Waals surface area (Å²) in [7, 11) is 0. The van der Waals surface area contributed by atoms with Gasteiger partial charge in [-0.2, -0.15) is 0 Å². The van der Waals surface area contributed by atoms with Crippen LogP contribution in [0.1, 0.15) is 28.4 Å². The molecule has 0 N–H and O–H groups in total. The molecule has 1 aromatic rings. The fraction of sp³-hybridized carbons (Fsp3) is 0.0833. The summed E-state index contributed by atoms with van der Waals surface area (Å²) in [6.45, 7) is 9.04. The lowest BCUT2D eigenvalue weighted by Crippen LogP contribution is -1.98. The summed E-state index contributed by atoms with van der Waals surface area (Å²) in [5.74, 6) is 0.0375. The minimum atomic E-state index is 0.0375. The Morgan fingerprint density at radius 2 is 2.00 bits per heavy atom. The summed E-state index contributed by atoms with van der Waals surface area (Å²) in [6, 6.07) is 5.53. The smallest absolute Gasteiger partial charge is 0.160 e. The van der Waals surface area contributed by atoms with Crippen molar-refractivity contribution in [2.24, 2.45) is 0 Å². The largest absolute Gasteiger partial charge is 0.294 e. The van der Waals surface area contributed by atoms with Crippen LogP contribution in [-0.2, 0) is 0 Å². The summed E-state index contributed by atoms with van der Waals surface area (Å²) >= 11 is 3.30. The summed E-state index contributed by atoms with van der Waals surface area (Å²) in [6.07, 6.45) is 1.68. The molecule has 0 fully saturated rings. The van der Waals surface area contributed by atoms with E-state index in [4.69, 9.17) is 0 Å². The van der Waals surface area contributed by atoms with Crippen LogP contribution in [0.2, 0.25) is 0 Å². The number of benzene rings is 1. The van der Waals surface area contributed by atoms with Gasteiger partial charge in [0.2, 0.25) is 0 Å². The third-order valence-corrected chi connectivity index (χ3v) is 2.41. The Kier molecular flexibility index (Phi) is 3.42. The Morgan fingerprint density at radius 3 is 2.43 bits per heavy atom. The maximum Gasteiger partial charge on any atom is 0.160 e. The molecule has 0 unspecified atom stereocenters. The predicted molar refractivity (Wildman–Crippen MR) is 64.5 cm³/mol. The zero-order valence-electron chi connectivity index (χ0n) is 8.01. The number of carbonyl (C=O) groups excluding carboxylic acids is 1. The van der Waals surface area contributed by atoms with E-state index in [0.29, 0.717) is 5.56 Å². The van der Waals surface area contributed by atoms with Gasteiger partial charge in [-0.25, -0.2) is 0 Å². The molecule has 0 aromatic heterocycles. The van der Waals surface area contributed by atoms with Crippen molar-refractivity contribution < 1.29 is 4.79 Å². The fourth-order valence-electron chi connectivity index (χ4n) is 1.33. The molecule has 72 valence electrons. The van der Waals surface area contributed by atoms with Crippen LogP contribution in [-0.4, -0.2) is 5.78 Å². The molecule has 2 heteroatoms. The average Bonchev–Trinajstić information content (AvgIpc) is 2.16. The lowest BCUT2D eigenvalue weighted by molar-refractivity contribution is 0.101. The molecule has 1 nitrogen and oxygen atoms in total. The number of hydrogen-bond donors (Lipinski definition) is 0. The van der Waals surface area contributed by atoms with E-state index < -0.39 is 0 Å². The molecule has 0 aliphatic carbocycles. The van der Waals surface area contributed by atoms with Crippen LogP contribution >= 0.6 is 15.9 Å². The number of hydrogen-bond acceptors (Lipinski definition) is 1. The van der Waals surface area contributed by atoms with Crippen molar-refractivity contribution in [3.8, 4) is 0 Å². The van der Waals surface area contributed by atoms with E-state index in [1.54, 1.807) is 19.1 Å². The molecule has 0 amide bonds. The lowest BCUT2D eigenvalue weighted by Gasteiger charge is -2.08. The molecular formula is C12H11BrO. The first-order valence-corrected chi connectivity index (χ1v) is 4.98. The Morgan fingerprint density at radius 1 is 1.43 bits per heavy atom. The highest BCUT2D eigenvalue weighted by Gasteiger charge is 2.09. The zero-order chi connectivity index (χ0) is 10.7. The second-order valence-corrected chi connectivity index (χ2v) is 3.89. The van der Waals surface area contributed by atoms with E-state index in [1.807, 2.05) is 12.1 Å². The van der Waals surface area contributed by atoms with Gasteiger partial charge in [0.05, 0.1) is 0 Å². The minimum Gasteiger partial charge on any atom is -0.294 e. The van der Waals surface area contributed by atoms with Gasteiger partial charge < -0.3 is 0 Å². The number of carbonyl (C=O) groups is 1. The Hall–Kier alpha value is -1.15. The van der Waals surface area contributed by atoms with E-state index in [-0.39, 0.29) is 5.78 Å². The Bertz CT molecular complexity index is 373. The van der Waals surface area contributed by atoms with Gasteiger partial charge in [0, 0.05) is 10.0 Å². The van der Waals surface area contributed by atoms with E-state index in [2.05, 4.69) is 29.1 Å². The first-order valence-electron chi connectivity index (χ1n) is 4.19. The van der Waals surface area contributed by atoms with Crippen LogP contribution in [0.3, 0.4) is 0 Å². The van der Waals surface area contributed by atoms with Crippen molar-refractivity contribution in [3.05, 3.63) is 48.0 Å². The van der Waals surface area contributed by atoms with Crippen LogP contribution in [0, 0.1) is 0 Å². The second kappa shape index (κ2) is 4.38. The number of Topliss-reactive ketones (excluding diaryl/α,β-unsaturated/α-hetero) is 1. The molecule has 0 saturated carbocycles. The minimum absolute atomic E-state index is 0.0375. The van der Waals surface area contributed by atoms with Crippen LogP contribution in [0.4, 0.5) is 0 Å². The zero-order valence-corrected chi connectivity index (χ0v) is 9.60. The summed E-state index contributed by atoms with van der Waals surface area (Å²) in [5, 5.41) is 0. The predicted octanol–water partition coefficient (Wildman–Crippen LogP) is 3.90. The van der Waals surface area contributed by atoms with E-state index in [9.17, 15) is 4.79 Å². The van der Waals surface area contributed by atoms with E-state index >= 15 is 0 Å². The normalized spacial score (nSPS) is 9.57. The molecule has 0 heterocycles. The van der Waals surface area contributed by atoms with Crippen molar-refractivity contribution in [2.45, 2.75) is 6.92 Å². The summed E-state index contributed by atoms with van der Waals surface area (Å²) in [4.78, 5) is 11.3. The molecule has 0 radical (unpaired) electrons. The first kappa shape index (κ1) is 10.9. The maximum atomic E-state index is 11.3. The maximum absolute atomic E-state index is 11.3. The molecular weight excluding hydrogens is 240 g/mol. The molecule has 1 aromatic carbocycles. The van der Waals surface area contributed by atoms with Crippen molar-refractivity contribution in [2.75, 3.05) is 0 Å². The van der Waals surface area contributed by atoms with Crippen molar-refractivity contribution >= 4 is 32.3 Å². The van der Waals surface area contributed by atoms with Gasteiger partial charge >= 0.3 is 0 Å². The van der Waals surface area contributed by atoms with Crippen LogP contribution in [0.25, 0.3) is 10.6 Å². The van der Waals surface area contributed by atoms with Crippen molar-refractivity contribution in [1.82, 2.24) is 0 Å². The van der Waals surface area contributed by atoms with Crippen LogP contribution in [0.5, 0.6) is 0 Å². The monoisotopic (exact) mass is 250 g/mol. The van der Waals surface area contributed by atoms with Gasteiger partial charge in [-0.05, 0) is 18.1 Å². The van der Waals surface area contributed by atoms with Crippen LogP contribution in [0.15, 0.2) is 31.4 Å². The molecule has 0 saturated heterocycles. The highest BCUT2D eigenvalue weighted by Crippen LogP contribution is 2.26. The third-order valence-electron chi connectivity index (χ3n) is 1.98. The van der Waals surface area contributed by atoms with E-state index in [1.165, 1.54) is 0 Å². The molecule has 0 aliphatic heterocycles. The third kappa shape index (κ3) is 2.02. The van der Waals surface area contributed by atoms with Gasteiger partial charge in [-0.1, -0.05) is 53.4 Å². The summed E-state index contributed by atoms with van der Waals surface area (Å²) in [5.41, 5.74) is 2.42. The molecule has 0 aliphatic rings. The Balaban J connectivity index is 3.47. The lowest BCUT2D eigenvalue weighted by atomic mass is 9.98.